The van der Waals surface area contributed by atoms with E-state index in [-0.39, 0.29) is 16.0 Å². The number of benzene rings is 1. The first kappa shape index (κ1) is 15.8. The Morgan fingerprint density at radius 2 is 1.95 bits per heavy atom. The van der Waals surface area contributed by atoms with Crippen LogP contribution in [-0.2, 0) is 10.0 Å². The molecule has 0 saturated heterocycles. The number of nitrogens with zero attached hydrogens (tertiary/aromatic N) is 2. The molecule has 1 aromatic heterocycles. The van der Waals surface area contributed by atoms with Gasteiger partial charge in [-0.05, 0) is 24.3 Å². The first-order valence-electron chi connectivity index (χ1n) is 5.82. The number of carbonyl (C=O) groups excluding carboxylic acids is 1. The first-order chi connectivity index (χ1) is 9.92. The second-order valence-electron chi connectivity index (χ2n) is 3.84. The molecule has 10 heteroatoms. The Kier molecular flexibility index (Phi) is 4.88. The predicted molar refractivity (Wildman–Crippen MR) is 80.2 cm³/mol. The summed E-state index contributed by atoms with van der Waals surface area (Å²) < 4.78 is 25.5. The van der Waals surface area contributed by atoms with Crippen molar-refractivity contribution in [3.63, 3.8) is 0 Å². The summed E-state index contributed by atoms with van der Waals surface area (Å²) in [6.45, 7) is 1.90. The van der Waals surface area contributed by atoms with Crippen molar-refractivity contribution in [1.29, 1.82) is 0 Å². The van der Waals surface area contributed by atoms with Crippen LogP contribution in [0.4, 0.5) is 5.13 Å². The molecule has 1 heterocycles. The number of rotatable bonds is 5. The van der Waals surface area contributed by atoms with Crippen LogP contribution in [0.3, 0.4) is 0 Å². The molecule has 0 atom stereocenters. The standard InChI is InChI=1S/C11H11ClN4O3S2/c1-2-13-21(18,19)11-16-15-10(20-11)14-9(17)7-3-5-8(12)6-4-7/h3-6,13H,2H2,1H3,(H,14,15,17). The predicted octanol–water partition coefficient (Wildman–Crippen LogP) is 1.74. The lowest BCUT2D eigenvalue weighted by Crippen LogP contribution is -2.22. The summed E-state index contributed by atoms with van der Waals surface area (Å²) in [6.07, 6.45) is 0. The maximum absolute atomic E-state index is 11.9. The van der Waals surface area contributed by atoms with Gasteiger partial charge in [0.25, 0.3) is 15.9 Å². The topological polar surface area (TPSA) is 101 Å². The van der Waals surface area contributed by atoms with Gasteiger partial charge in [0.2, 0.25) is 9.47 Å². The van der Waals surface area contributed by atoms with Crippen LogP contribution < -0.4 is 10.0 Å². The summed E-state index contributed by atoms with van der Waals surface area (Å²) in [4.78, 5) is 11.9. The average molecular weight is 347 g/mol. The van der Waals surface area contributed by atoms with Gasteiger partial charge in [-0.1, -0.05) is 29.9 Å². The van der Waals surface area contributed by atoms with Crippen LogP contribution in [0, 0.1) is 0 Å². The van der Waals surface area contributed by atoms with Crippen molar-refractivity contribution in [2.75, 3.05) is 11.9 Å². The van der Waals surface area contributed by atoms with Crippen molar-refractivity contribution in [3.8, 4) is 0 Å². The molecule has 2 rings (SSSR count). The zero-order chi connectivity index (χ0) is 15.5. The normalized spacial score (nSPS) is 11.3. The number of amides is 1. The molecule has 0 saturated carbocycles. The van der Waals surface area contributed by atoms with Crippen LogP contribution in [0.1, 0.15) is 17.3 Å². The van der Waals surface area contributed by atoms with E-state index in [0.717, 1.165) is 11.3 Å². The van der Waals surface area contributed by atoms with E-state index in [0.29, 0.717) is 10.6 Å². The molecule has 2 N–H and O–H groups in total. The number of anilines is 1. The summed E-state index contributed by atoms with van der Waals surface area (Å²) >= 11 is 6.51. The largest absolute Gasteiger partial charge is 0.296 e. The van der Waals surface area contributed by atoms with Gasteiger partial charge >= 0.3 is 0 Å². The second kappa shape index (κ2) is 6.48. The molecule has 112 valence electrons. The summed E-state index contributed by atoms with van der Waals surface area (Å²) in [6, 6.07) is 6.26. The molecular formula is C11H11ClN4O3S2. The molecule has 1 amide bonds. The average Bonchev–Trinajstić information content (AvgIpc) is 2.88. The van der Waals surface area contributed by atoms with Gasteiger partial charge in [0.1, 0.15) is 0 Å². The van der Waals surface area contributed by atoms with Crippen molar-refractivity contribution >= 4 is 44.0 Å². The van der Waals surface area contributed by atoms with Crippen molar-refractivity contribution < 1.29 is 13.2 Å². The van der Waals surface area contributed by atoms with Crippen LogP contribution >= 0.6 is 22.9 Å². The van der Waals surface area contributed by atoms with E-state index in [1.807, 2.05) is 0 Å². The smallest absolute Gasteiger partial charge is 0.269 e. The zero-order valence-electron chi connectivity index (χ0n) is 10.8. The monoisotopic (exact) mass is 346 g/mol. The lowest BCUT2D eigenvalue weighted by atomic mass is 10.2. The van der Waals surface area contributed by atoms with Gasteiger partial charge in [0.15, 0.2) is 0 Å². The van der Waals surface area contributed by atoms with E-state index in [1.165, 1.54) is 0 Å². The highest BCUT2D eigenvalue weighted by atomic mass is 35.5. The second-order valence-corrected chi connectivity index (χ2v) is 7.19. The minimum Gasteiger partial charge on any atom is -0.296 e. The molecule has 0 radical (unpaired) electrons. The van der Waals surface area contributed by atoms with Gasteiger partial charge in [0, 0.05) is 17.1 Å². The summed E-state index contributed by atoms with van der Waals surface area (Å²) in [7, 11) is -3.67. The van der Waals surface area contributed by atoms with Gasteiger partial charge in [-0.3, -0.25) is 10.1 Å². The molecule has 0 aliphatic rings. The van der Waals surface area contributed by atoms with Gasteiger partial charge in [-0.25, -0.2) is 13.1 Å². The van der Waals surface area contributed by atoms with Crippen LogP contribution in [0.15, 0.2) is 28.6 Å². The van der Waals surface area contributed by atoms with Crippen molar-refractivity contribution in [2.45, 2.75) is 11.3 Å². The van der Waals surface area contributed by atoms with Crippen LogP contribution in [-0.4, -0.2) is 31.1 Å². The van der Waals surface area contributed by atoms with E-state index in [2.05, 4.69) is 20.2 Å². The lowest BCUT2D eigenvalue weighted by molar-refractivity contribution is 0.102. The Balaban J connectivity index is 2.12. The fraction of sp³-hybridized carbons (Fsp3) is 0.182. The molecule has 7 nitrogen and oxygen atoms in total. The summed E-state index contributed by atoms with van der Waals surface area (Å²) in [5.74, 6) is -0.421. The molecule has 0 bridgehead atoms. The maximum atomic E-state index is 11.9. The third-order valence-corrected chi connectivity index (χ3v) is 5.30. The fourth-order valence-corrected chi connectivity index (χ4v) is 3.49. The van der Waals surface area contributed by atoms with Gasteiger partial charge in [-0.2, -0.15) is 0 Å². The van der Waals surface area contributed by atoms with E-state index < -0.39 is 15.9 Å². The minimum atomic E-state index is -3.67. The van der Waals surface area contributed by atoms with Crippen LogP contribution in [0.25, 0.3) is 0 Å². The molecule has 0 unspecified atom stereocenters. The van der Waals surface area contributed by atoms with E-state index in [9.17, 15) is 13.2 Å². The molecule has 1 aromatic carbocycles. The minimum absolute atomic E-state index is 0.103. The highest BCUT2D eigenvalue weighted by Gasteiger charge is 2.20. The van der Waals surface area contributed by atoms with Crippen LogP contribution in [0.5, 0.6) is 0 Å². The van der Waals surface area contributed by atoms with Gasteiger partial charge in [-0.15, -0.1) is 10.2 Å². The Hall–Kier alpha value is -1.55. The Morgan fingerprint density at radius 3 is 2.57 bits per heavy atom. The van der Waals surface area contributed by atoms with E-state index in [4.69, 9.17) is 11.6 Å². The van der Waals surface area contributed by atoms with Gasteiger partial charge in [0.05, 0.1) is 0 Å². The SMILES string of the molecule is CCNS(=O)(=O)c1nnc(NC(=O)c2ccc(Cl)cc2)s1. The van der Waals surface area contributed by atoms with E-state index >= 15 is 0 Å². The highest BCUT2D eigenvalue weighted by Crippen LogP contribution is 2.20. The molecule has 0 aliphatic heterocycles. The number of hydrogen-bond acceptors (Lipinski definition) is 6. The third kappa shape index (κ3) is 3.97. The van der Waals surface area contributed by atoms with Crippen molar-refractivity contribution in [3.05, 3.63) is 34.9 Å². The number of carbonyl (C=O) groups is 1. The van der Waals surface area contributed by atoms with Gasteiger partial charge < -0.3 is 0 Å². The molecule has 2 aromatic rings. The number of sulfonamides is 1. The Morgan fingerprint density at radius 1 is 1.29 bits per heavy atom. The summed E-state index contributed by atoms with van der Waals surface area (Å²) in [5, 5.41) is 10.3. The zero-order valence-corrected chi connectivity index (χ0v) is 13.2. The number of nitrogens with one attached hydrogen (secondary N) is 2. The summed E-state index contributed by atoms with van der Waals surface area (Å²) in [5.41, 5.74) is 0.380. The first-order valence-corrected chi connectivity index (χ1v) is 8.50. The number of hydrogen-bond donors (Lipinski definition) is 2. The maximum Gasteiger partial charge on any atom is 0.269 e. The fourth-order valence-electron chi connectivity index (χ4n) is 1.39. The van der Waals surface area contributed by atoms with Crippen molar-refractivity contribution in [2.24, 2.45) is 0 Å². The quantitative estimate of drug-likeness (QED) is 0.803. The van der Waals surface area contributed by atoms with Crippen LogP contribution in [0.2, 0.25) is 5.02 Å². The third-order valence-electron chi connectivity index (χ3n) is 2.30. The molecular weight excluding hydrogens is 336 g/mol. The molecule has 21 heavy (non-hydrogen) atoms. The number of aromatic nitrogens is 2. The Labute approximate surface area is 130 Å². The molecule has 0 aliphatic carbocycles. The molecule has 0 spiro atoms. The van der Waals surface area contributed by atoms with Crippen molar-refractivity contribution in [1.82, 2.24) is 14.9 Å². The number of halogens is 1. The molecule has 0 fully saturated rings. The van der Waals surface area contributed by atoms with E-state index in [1.54, 1.807) is 31.2 Å². The Bertz CT molecular complexity index is 743. The highest BCUT2D eigenvalue weighted by molar-refractivity contribution is 7.91. The lowest BCUT2D eigenvalue weighted by Gasteiger charge is -2.00.